The summed E-state index contributed by atoms with van der Waals surface area (Å²) < 4.78 is 10.1. The first kappa shape index (κ1) is 42.1. The smallest absolute Gasteiger partial charge is 0.408 e. The molecule has 0 aromatic heterocycles. The van der Waals surface area contributed by atoms with Crippen molar-refractivity contribution in [2.45, 2.75) is 137 Å². The van der Waals surface area contributed by atoms with Crippen molar-refractivity contribution in [3.8, 4) is 6.07 Å². The van der Waals surface area contributed by atoms with Crippen LogP contribution in [0, 0.1) is 29.1 Å². The van der Waals surface area contributed by atoms with Crippen molar-refractivity contribution in [3.05, 3.63) is 0 Å². The van der Waals surface area contributed by atoms with Crippen LogP contribution in [0.4, 0.5) is 4.79 Å². The predicted molar refractivity (Wildman–Crippen MR) is 172 cm³/mol. The Labute approximate surface area is 273 Å². The van der Waals surface area contributed by atoms with E-state index in [0.29, 0.717) is 6.42 Å². The number of hydrogen-bond acceptors (Lipinski definition) is 9. The third-order valence-electron chi connectivity index (χ3n) is 7.15. The van der Waals surface area contributed by atoms with Crippen LogP contribution in [0.5, 0.6) is 0 Å². The van der Waals surface area contributed by atoms with Gasteiger partial charge in [0.2, 0.25) is 23.6 Å². The number of carbonyl (C=O) groups is 6. The van der Waals surface area contributed by atoms with E-state index in [1.807, 2.05) is 26.8 Å². The van der Waals surface area contributed by atoms with E-state index in [1.54, 1.807) is 48.5 Å². The highest BCUT2D eigenvalue weighted by Gasteiger charge is 2.34. The summed E-state index contributed by atoms with van der Waals surface area (Å²) in [5.74, 6) is -3.80. The lowest BCUT2D eigenvalue weighted by atomic mass is 9.98. The minimum Gasteiger partial charge on any atom is -0.467 e. The number of rotatable bonds is 18. The van der Waals surface area contributed by atoms with Crippen LogP contribution in [0.1, 0.15) is 101 Å². The number of hydrogen-bond donors (Lipinski definition) is 5. The predicted octanol–water partition coefficient (Wildman–Crippen LogP) is 2.45. The van der Waals surface area contributed by atoms with Crippen LogP contribution >= 0.6 is 0 Å². The molecule has 262 valence electrons. The van der Waals surface area contributed by atoms with Crippen molar-refractivity contribution < 1.29 is 38.2 Å². The van der Waals surface area contributed by atoms with Crippen LogP contribution in [0.3, 0.4) is 0 Å². The van der Waals surface area contributed by atoms with E-state index in [2.05, 4.69) is 26.6 Å². The lowest BCUT2D eigenvalue weighted by Crippen LogP contribution is -2.59. The summed E-state index contributed by atoms with van der Waals surface area (Å²) in [6, 6.07) is -3.29. The summed E-state index contributed by atoms with van der Waals surface area (Å²) in [6.07, 6.45) is 0.0755. The van der Waals surface area contributed by atoms with Gasteiger partial charge < -0.3 is 36.1 Å². The molecule has 46 heavy (non-hydrogen) atoms. The lowest BCUT2D eigenvalue weighted by Gasteiger charge is -2.29. The van der Waals surface area contributed by atoms with Gasteiger partial charge in [-0.2, -0.15) is 5.26 Å². The Morgan fingerprint density at radius 1 is 0.717 bits per heavy atom. The highest BCUT2D eigenvalue weighted by molar-refractivity contribution is 5.96. The molecule has 0 bridgehead atoms. The van der Waals surface area contributed by atoms with Gasteiger partial charge >= 0.3 is 12.1 Å². The Morgan fingerprint density at radius 3 is 1.70 bits per heavy atom. The fourth-order valence-corrected chi connectivity index (χ4v) is 4.36. The summed E-state index contributed by atoms with van der Waals surface area (Å²) >= 11 is 0. The van der Waals surface area contributed by atoms with E-state index in [1.165, 1.54) is 7.11 Å². The van der Waals surface area contributed by atoms with Crippen molar-refractivity contribution in [1.82, 2.24) is 26.6 Å². The van der Waals surface area contributed by atoms with Crippen molar-refractivity contribution >= 4 is 35.7 Å². The first-order chi connectivity index (χ1) is 21.3. The summed E-state index contributed by atoms with van der Waals surface area (Å²) in [7, 11) is 1.22. The number of esters is 1. The number of amides is 5. The van der Waals surface area contributed by atoms with Crippen LogP contribution < -0.4 is 26.6 Å². The Balaban J connectivity index is 5.93. The topological polar surface area (TPSA) is 205 Å². The average Bonchev–Trinajstić information content (AvgIpc) is 2.96. The molecule has 0 aliphatic heterocycles. The molecule has 0 aliphatic carbocycles. The minimum atomic E-state index is -1.20. The van der Waals surface area contributed by atoms with Gasteiger partial charge in [0.05, 0.1) is 13.2 Å². The van der Waals surface area contributed by atoms with Crippen LogP contribution in [0.15, 0.2) is 0 Å². The standard InChI is InChI=1S/C32H56N6O8/c1-12-20(7)25(30(43)45-11)37-26(39)21(13-2)34-27(40)22(15-14-16-33)35-28(41)23(17-18(3)4)36-29(42)24(19(5)6)38-31(44)46-32(8,9)10/h18-25H,12-15,17H2,1-11H3,(H,34,40)(H,35,41)(H,36,42)(H,37,39)(H,38,44)/t20-,21-,22?,23-,24-,25-/m0/s1. The van der Waals surface area contributed by atoms with Crippen molar-refractivity contribution in [1.29, 1.82) is 5.26 Å². The van der Waals surface area contributed by atoms with Gasteiger partial charge in [0.15, 0.2) is 0 Å². The maximum atomic E-state index is 13.5. The molecule has 0 aliphatic rings. The van der Waals surface area contributed by atoms with Gasteiger partial charge in [0.25, 0.3) is 0 Å². The van der Waals surface area contributed by atoms with Crippen molar-refractivity contribution in [2.75, 3.05) is 7.11 Å². The zero-order valence-corrected chi connectivity index (χ0v) is 29.4. The molecule has 14 heteroatoms. The van der Waals surface area contributed by atoms with Crippen LogP contribution in [-0.4, -0.2) is 78.6 Å². The van der Waals surface area contributed by atoms with Gasteiger partial charge in [-0.1, -0.05) is 54.9 Å². The summed E-state index contributed by atoms with van der Waals surface area (Å²) in [6.45, 7) is 17.6. The fraction of sp³-hybridized carbons (Fsp3) is 0.781. The normalized spacial score (nSPS) is 15.2. The van der Waals surface area contributed by atoms with Gasteiger partial charge in [-0.05, 0) is 57.8 Å². The van der Waals surface area contributed by atoms with Crippen LogP contribution in [0.2, 0.25) is 0 Å². The molecule has 1 unspecified atom stereocenters. The van der Waals surface area contributed by atoms with Crippen LogP contribution in [-0.2, 0) is 33.4 Å². The Morgan fingerprint density at radius 2 is 1.24 bits per heavy atom. The molecule has 0 radical (unpaired) electrons. The number of nitriles is 1. The number of carbonyl (C=O) groups excluding carboxylic acids is 6. The van der Waals surface area contributed by atoms with Crippen LogP contribution in [0.25, 0.3) is 0 Å². The number of nitrogens with zero attached hydrogens (tertiary/aromatic N) is 1. The molecule has 0 saturated heterocycles. The fourth-order valence-electron chi connectivity index (χ4n) is 4.36. The third kappa shape index (κ3) is 15.4. The Bertz CT molecular complexity index is 1080. The molecule has 5 N–H and O–H groups in total. The monoisotopic (exact) mass is 652 g/mol. The second kappa shape index (κ2) is 20.3. The van der Waals surface area contributed by atoms with Gasteiger partial charge in [-0.15, -0.1) is 0 Å². The van der Waals surface area contributed by atoms with E-state index in [9.17, 15) is 34.0 Å². The van der Waals surface area contributed by atoms with Crippen molar-refractivity contribution in [3.63, 3.8) is 0 Å². The largest absolute Gasteiger partial charge is 0.467 e. The molecule has 14 nitrogen and oxygen atoms in total. The quantitative estimate of drug-likeness (QED) is 0.138. The molecule has 5 amide bonds. The molecule has 0 aromatic carbocycles. The SMILES string of the molecule is CC[C@H](NC(=O)C(CCC#N)NC(=O)[C@H](CC(C)C)NC(=O)[C@@H](NC(=O)OC(C)(C)C)C(C)C)C(=O)N[C@H](C(=O)OC)[C@@H](C)CC. The number of ether oxygens (including phenoxy) is 2. The molecule has 0 rings (SSSR count). The summed E-state index contributed by atoms with van der Waals surface area (Å²) in [5, 5.41) is 22.4. The van der Waals surface area contributed by atoms with E-state index in [-0.39, 0.29) is 43.4 Å². The lowest BCUT2D eigenvalue weighted by molar-refractivity contribution is -0.147. The molecule has 0 spiro atoms. The van der Waals surface area contributed by atoms with Gasteiger partial charge in [-0.25, -0.2) is 9.59 Å². The number of nitrogens with one attached hydrogen (secondary N) is 5. The van der Waals surface area contributed by atoms with E-state index < -0.39 is 71.5 Å². The van der Waals surface area contributed by atoms with E-state index in [0.717, 1.165) is 0 Å². The Hall–Kier alpha value is -3.89. The molecule has 0 saturated carbocycles. The molecule has 0 aromatic rings. The van der Waals surface area contributed by atoms with Gasteiger partial charge in [0, 0.05) is 6.42 Å². The first-order valence-electron chi connectivity index (χ1n) is 16.0. The van der Waals surface area contributed by atoms with E-state index >= 15 is 0 Å². The molecular weight excluding hydrogens is 596 g/mol. The third-order valence-corrected chi connectivity index (χ3v) is 7.15. The molecule has 0 fully saturated rings. The van der Waals surface area contributed by atoms with Crippen molar-refractivity contribution in [2.24, 2.45) is 17.8 Å². The minimum absolute atomic E-state index is 0.0415. The second-order valence-electron chi connectivity index (χ2n) is 13.2. The Kier molecular flexibility index (Phi) is 18.6. The second-order valence-corrected chi connectivity index (χ2v) is 13.2. The molecule has 0 heterocycles. The highest BCUT2D eigenvalue weighted by atomic mass is 16.6. The number of alkyl carbamates (subject to hydrolysis) is 1. The number of methoxy groups -OCH3 is 1. The molecule has 6 atom stereocenters. The summed E-state index contributed by atoms with van der Waals surface area (Å²) in [4.78, 5) is 77.9. The maximum absolute atomic E-state index is 13.5. The average molecular weight is 653 g/mol. The first-order valence-corrected chi connectivity index (χ1v) is 16.0. The highest BCUT2D eigenvalue weighted by Crippen LogP contribution is 2.13. The van der Waals surface area contributed by atoms with E-state index in [4.69, 9.17) is 9.47 Å². The zero-order chi connectivity index (χ0) is 35.8. The van der Waals surface area contributed by atoms with Gasteiger partial charge in [-0.3, -0.25) is 19.2 Å². The summed E-state index contributed by atoms with van der Waals surface area (Å²) in [5.41, 5.74) is -0.782. The van der Waals surface area contributed by atoms with Gasteiger partial charge in [0.1, 0.15) is 35.8 Å². The zero-order valence-electron chi connectivity index (χ0n) is 29.4. The molecular formula is C32H56N6O8. The maximum Gasteiger partial charge on any atom is 0.408 e.